The SMILES string of the molecule is Nc1c(Br)cc(CC(OC(=O)N2CCC(n3c(=O)[nH]c4c5ccccc5ncc43)CC2)C(=O)N2CCC(C3CCNCC3)CC2)cc1C(F)(F)F. The van der Waals surface area contributed by atoms with E-state index in [4.69, 9.17) is 10.5 Å². The molecule has 7 rings (SSSR count). The zero-order valence-electron chi connectivity index (χ0n) is 28.1. The van der Waals surface area contributed by atoms with Gasteiger partial charge in [0.1, 0.15) is 0 Å². The van der Waals surface area contributed by atoms with Crippen LogP contribution in [0.2, 0.25) is 0 Å². The van der Waals surface area contributed by atoms with Gasteiger partial charge in [0, 0.05) is 48.5 Å². The molecule has 1 atom stereocenters. The number of nitrogens with two attached hydrogens (primary N) is 1. The molecular weight excluding hydrogens is 731 g/mol. The summed E-state index contributed by atoms with van der Waals surface area (Å²) in [5, 5.41) is 4.23. The number of alkyl halides is 3. The van der Waals surface area contributed by atoms with E-state index in [-0.39, 0.29) is 41.3 Å². The summed E-state index contributed by atoms with van der Waals surface area (Å²) < 4.78 is 49.2. The minimum absolute atomic E-state index is 0.0467. The lowest BCUT2D eigenvalue weighted by molar-refractivity contribution is -0.142. The second-order valence-corrected chi connectivity index (χ2v) is 14.8. The average molecular weight is 773 g/mol. The molecule has 0 saturated carbocycles. The summed E-state index contributed by atoms with van der Waals surface area (Å²) in [6.45, 7) is 3.49. The van der Waals surface area contributed by atoms with Gasteiger partial charge in [-0.15, -0.1) is 0 Å². The molecule has 0 spiro atoms. The molecule has 2 aromatic heterocycles. The zero-order valence-corrected chi connectivity index (χ0v) is 29.6. The monoisotopic (exact) mass is 771 g/mol. The van der Waals surface area contributed by atoms with Crippen LogP contribution in [0.25, 0.3) is 21.9 Å². The molecule has 4 aromatic rings. The highest BCUT2D eigenvalue weighted by Gasteiger charge is 2.38. The third-order valence-electron chi connectivity index (χ3n) is 10.9. The van der Waals surface area contributed by atoms with Crippen molar-refractivity contribution >= 4 is 55.6 Å². The maximum absolute atomic E-state index is 14.0. The molecule has 1 unspecified atom stereocenters. The number of amides is 2. The first-order chi connectivity index (χ1) is 24.5. The fourth-order valence-electron chi connectivity index (χ4n) is 8.12. The summed E-state index contributed by atoms with van der Waals surface area (Å²) in [5.74, 6) is 0.678. The van der Waals surface area contributed by atoms with Crippen molar-refractivity contribution in [2.45, 2.75) is 63.3 Å². The van der Waals surface area contributed by atoms with Gasteiger partial charge in [0.25, 0.3) is 5.91 Å². The van der Waals surface area contributed by atoms with E-state index in [0.29, 0.717) is 48.8 Å². The van der Waals surface area contributed by atoms with Gasteiger partial charge in [-0.3, -0.25) is 14.3 Å². The van der Waals surface area contributed by atoms with Crippen LogP contribution in [0.1, 0.15) is 55.7 Å². The number of fused-ring (bicyclic) bond motifs is 3. The Hall–Kier alpha value is -4.11. The average Bonchev–Trinajstić information content (AvgIpc) is 3.48. The zero-order chi connectivity index (χ0) is 35.9. The number of hydrogen-bond donors (Lipinski definition) is 3. The van der Waals surface area contributed by atoms with E-state index in [1.165, 1.54) is 11.0 Å². The quantitative estimate of drug-likeness (QED) is 0.209. The molecule has 3 aliphatic rings. The molecule has 3 aliphatic heterocycles. The third kappa shape index (κ3) is 7.32. The normalized spacial score (nSPS) is 19.1. The van der Waals surface area contributed by atoms with Crippen LogP contribution >= 0.6 is 15.9 Å². The number of ether oxygens (including phenoxy) is 1. The third-order valence-corrected chi connectivity index (χ3v) is 11.5. The van der Waals surface area contributed by atoms with Crippen LogP contribution in [0.15, 0.2) is 51.9 Å². The van der Waals surface area contributed by atoms with Crippen molar-refractivity contribution in [2.24, 2.45) is 11.8 Å². The van der Waals surface area contributed by atoms with E-state index in [1.807, 2.05) is 24.3 Å². The molecule has 3 saturated heterocycles. The van der Waals surface area contributed by atoms with E-state index in [1.54, 1.807) is 15.7 Å². The summed E-state index contributed by atoms with van der Waals surface area (Å²) in [6.07, 6.45) is -0.561. The van der Waals surface area contributed by atoms with Gasteiger partial charge in [-0.05, 0) is 103 Å². The maximum Gasteiger partial charge on any atom is 0.418 e. The molecule has 0 bridgehead atoms. The van der Waals surface area contributed by atoms with Gasteiger partial charge in [-0.1, -0.05) is 18.2 Å². The van der Waals surface area contributed by atoms with Gasteiger partial charge in [0.2, 0.25) is 0 Å². The number of H-pyrrole nitrogens is 1. The molecule has 4 N–H and O–H groups in total. The van der Waals surface area contributed by atoms with Crippen molar-refractivity contribution < 1.29 is 27.5 Å². The molecule has 3 fully saturated rings. The van der Waals surface area contributed by atoms with Crippen LogP contribution in [-0.4, -0.2) is 81.7 Å². The Kier molecular flexibility index (Phi) is 10.0. The highest BCUT2D eigenvalue weighted by atomic mass is 79.9. The van der Waals surface area contributed by atoms with Crippen molar-refractivity contribution in [3.05, 3.63) is 68.7 Å². The Labute approximate surface area is 300 Å². The smallest absolute Gasteiger partial charge is 0.418 e. The van der Waals surface area contributed by atoms with Crippen LogP contribution in [0, 0.1) is 11.8 Å². The topological polar surface area (TPSA) is 139 Å². The Morgan fingerprint density at radius 1 is 0.980 bits per heavy atom. The van der Waals surface area contributed by atoms with Crippen molar-refractivity contribution in [2.75, 3.05) is 45.0 Å². The number of hydrogen-bond acceptors (Lipinski definition) is 7. The van der Waals surface area contributed by atoms with E-state index in [9.17, 15) is 27.6 Å². The lowest BCUT2D eigenvalue weighted by Crippen LogP contribution is -2.49. The number of likely N-dealkylation sites (tertiary alicyclic amines) is 2. The number of carbonyl (C=O) groups is 2. The van der Waals surface area contributed by atoms with Crippen LogP contribution in [0.4, 0.5) is 23.7 Å². The summed E-state index contributed by atoms with van der Waals surface area (Å²) in [5.41, 5.74) is 6.33. The maximum atomic E-state index is 14.0. The van der Waals surface area contributed by atoms with Crippen LogP contribution in [0.5, 0.6) is 0 Å². The molecule has 51 heavy (non-hydrogen) atoms. The minimum Gasteiger partial charge on any atom is -0.436 e. The molecule has 272 valence electrons. The predicted molar refractivity (Wildman–Crippen MR) is 190 cm³/mol. The van der Waals surface area contributed by atoms with Crippen LogP contribution in [0.3, 0.4) is 0 Å². The number of piperidine rings is 3. The highest BCUT2D eigenvalue weighted by molar-refractivity contribution is 9.10. The summed E-state index contributed by atoms with van der Waals surface area (Å²) in [7, 11) is 0. The number of benzene rings is 2. The number of aromatic amines is 1. The summed E-state index contributed by atoms with van der Waals surface area (Å²) in [6, 6.07) is 9.71. The first-order valence-electron chi connectivity index (χ1n) is 17.6. The number of anilines is 1. The van der Waals surface area contributed by atoms with Crippen molar-refractivity contribution in [1.82, 2.24) is 29.7 Å². The Bertz CT molecular complexity index is 1980. The van der Waals surface area contributed by atoms with Crippen molar-refractivity contribution in [3.8, 4) is 0 Å². The van der Waals surface area contributed by atoms with E-state index < -0.39 is 35.5 Å². The van der Waals surface area contributed by atoms with E-state index in [2.05, 4.69) is 31.2 Å². The number of nitrogens with zero attached hydrogens (tertiary/aromatic N) is 4. The number of nitrogen functional groups attached to an aromatic ring is 1. The number of imidazole rings is 1. The number of halogens is 4. The standard InChI is InChI=1S/C36H41BrF3N7O4/c37-27-18-21(17-26(31(27)41)36(38,39)40)19-30(33(48)45-13-7-23(8-14-45)22-5-11-42-12-6-22)51-35(50)46-15-9-24(10-16-46)47-29-20-43-28-4-2-1-3-25(28)32(29)44-34(47)49/h1-4,17-18,20,22-24,30,42H,5-16,19,41H2,(H,44,49). The number of nitrogens with one attached hydrogen (secondary N) is 2. The number of carbonyl (C=O) groups excluding carboxylic acids is 2. The molecule has 2 aromatic carbocycles. The van der Waals surface area contributed by atoms with E-state index >= 15 is 0 Å². The van der Waals surface area contributed by atoms with Crippen molar-refractivity contribution in [3.63, 3.8) is 0 Å². The lowest BCUT2D eigenvalue weighted by atomic mass is 9.79. The summed E-state index contributed by atoms with van der Waals surface area (Å²) >= 11 is 3.13. The van der Waals surface area contributed by atoms with Gasteiger partial charge >= 0.3 is 18.0 Å². The summed E-state index contributed by atoms with van der Waals surface area (Å²) in [4.78, 5) is 51.5. The predicted octanol–water partition coefficient (Wildman–Crippen LogP) is 5.86. The van der Waals surface area contributed by atoms with Crippen LogP contribution in [-0.2, 0) is 22.1 Å². The van der Waals surface area contributed by atoms with Gasteiger partial charge in [-0.25, -0.2) is 9.59 Å². The Morgan fingerprint density at radius 2 is 1.65 bits per heavy atom. The van der Waals surface area contributed by atoms with Gasteiger partial charge in [-0.2, -0.15) is 13.2 Å². The fourth-order valence-corrected chi connectivity index (χ4v) is 8.62. The van der Waals surface area contributed by atoms with Gasteiger partial charge in [0.15, 0.2) is 6.10 Å². The number of aromatic nitrogens is 3. The Morgan fingerprint density at radius 3 is 2.35 bits per heavy atom. The number of rotatable bonds is 6. The molecule has 2 amide bonds. The van der Waals surface area contributed by atoms with Gasteiger partial charge in [0.05, 0.1) is 34.0 Å². The number of pyridine rings is 1. The fraction of sp³-hybridized carbons (Fsp3) is 0.500. The molecule has 0 radical (unpaired) electrons. The molecule has 15 heteroatoms. The number of para-hydroxylation sites is 1. The Balaban J connectivity index is 1.07. The van der Waals surface area contributed by atoms with Crippen LogP contribution < -0.4 is 16.7 Å². The second-order valence-electron chi connectivity index (χ2n) is 13.9. The van der Waals surface area contributed by atoms with Crippen molar-refractivity contribution in [1.29, 1.82) is 0 Å². The minimum atomic E-state index is -4.71. The first-order valence-corrected chi connectivity index (χ1v) is 18.4. The van der Waals surface area contributed by atoms with E-state index in [0.717, 1.165) is 55.7 Å². The molecule has 0 aliphatic carbocycles. The molecular formula is C36H41BrF3N7O4. The second kappa shape index (κ2) is 14.5. The molecule has 11 nitrogen and oxygen atoms in total. The first kappa shape index (κ1) is 35.3. The highest BCUT2D eigenvalue weighted by Crippen LogP contribution is 2.39. The lowest BCUT2D eigenvalue weighted by Gasteiger charge is -2.39. The molecule has 5 heterocycles. The van der Waals surface area contributed by atoms with Gasteiger partial charge < -0.3 is 30.6 Å². The largest absolute Gasteiger partial charge is 0.436 e.